The second-order valence-corrected chi connectivity index (χ2v) is 9.19. The monoisotopic (exact) mass is 419 g/mol. The van der Waals surface area contributed by atoms with Crippen molar-refractivity contribution in [2.45, 2.75) is 77.8 Å². The van der Waals surface area contributed by atoms with Gasteiger partial charge in [-0.3, -0.25) is 14.5 Å². The third kappa shape index (κ3) is 5.73. The van der Waals surface area contributed by atoms with Gasteiger partial charge in [-0.25, -0.2) is 0 Å². The normalized spacial score (nSPS) is 22.1. The number of likely N-dealkylation sites (tertiary alicyclic amines) is 1. The number of anilines is 1. The van der Waals surface area contributed by atoms with Gasteiger partial charge >= 0.3 is 0 Å². The van der Waals surface area contributed by atoms with E-state index in [0.29, 0.717) is 23.3 Å². The molecule has 5 nitrogen and oxygen atoms in total. The third-order valence-corrected chi connectivity index (χ3v) is 6.68. The van der Waals surface area contributed by atoms with Crippen LogP contribution in [0.5, 0.6) is 0 Å². The molecule has 2 aliphatic rings. The highest BCUT2D eigenvalue weighted by Crippen LogP contribution is 2.28. The fourth-order valence-corrected chi connectivity index (χ4v) is 4.97. The molecule has 0 aromatic heterocycles. The second kappa shape index (κ2) is 9.94. The number of aryl methyl sites for hydroxylation is 2. The number of halogens is 1. The summed E-state index contributed by atoms with van der Waals surface area (Å²) >= 11 is 6.35. The number of nitrogens with zero attached hydrogens (tertiary/aromatic N) is 1. The van der Waals surface area contributed by atoms with Crippen LogP contribution in [0.15, 0.2) is 12.1 Å². The number of carbonyl (C=O) groups is 2. The van der Waals surface area contributed by atoms with Gasteiger partial charge in [0.05, 0.1) is 22.7 Å². The number of hydrogen-bond donors (Lipinski definition) is 2. The van der Waals surface area contributed by atoms with Gasteiger partial charge in [-0.2, -0.15) is 0 Å². The molecule has 1 saturated heterocycles. The quantitative estimate of drug-likeness (QED) is 0.741. The topological polar surface area (TPSA) is 61.4 Å². The van der Waals surface area contributed by atoms with Crippen molar-refractivity contribution in [2.24, 2.45) is 5.92 Å². The summed E-state index contributed by atoms with van der Waals surface area (Å²) in [6.45, 7) is 7.31. The van der Waals surface area contributed by atoms with Crippen molar-refractivity contribution in [2.75, 3.05) is 18.4 Å². The zero-order chi connectivity index (χ0) is 21.0. The van der Waals surface area contributed by atoms with Crippen LogP contribution < -0.4 is 10.6 Å². The molecule has 160 valence electrons. The molecule has 1 aliphatic carbocycles. The van der Waals surface area contributed by atoms with E-state index < -0.39 is 0 Å². The van der Waals surface area contributed by atoms with E-state index >= 15 is 0 Å². The summed E-state index contributed by atoms with van der Waals surface area (Å²) in [5.41, 5.74) is 2.71. The molecule has 2 unspecified atom stereocenters. The summed E-state index contributed by atoms with van der Waals surface area (Å²) in [6.07, 6.45) is 7.72. The predicted molar refractivity (Wildman–Crippen MR) is 118 cm³/mol. The van der Waals surface area contributed by atoms with Crippen molar-refractivity contribution in [3.63, 3.8) is 0 Å². The Hall–Kier alpha value is -1.59. The molecule has 0 radical (unpaired) electrons. The van der Waals surface area contributed by atoms with E-state index in [1.807, 2.05) is 32.9 Å². The lowest BCUT2D eigenvalue weighted by molar-refractivity contribution is -0.130. The lowest BCUT2D eigenvalue weighted by Gasteiger charge is -2.36. The maximum atomic E-state index is 12.9. The van der Waals surface area contributed by atoms with Gasteiger partial charge in [0.25, 0.3) is 0 Å². The Kier molecular flexibility index (Phi) is 7.58. The van der Waals surface area contributed by atoms with Gasteiger partial charge in [-0.1, -0.05) is 36.9 Å². The average molecular weight is 420 g/mol. The van der Waals surface area contributed by atoms with E-state index in [4.69, 9.17) is 11.6 Å². The molecule has 1 heterocycles. The summed E-state index contributed by atoms with van der Waals surface area (Å²) in [6, 6.07) is 3.90. The highest BCUT2D eigenvalue weighted by Gasteiger charge is 2.32. The van der Waals surface area contributed by atoms with Crippen LogP contribution in [-0.4, -0.2) is 41.9 Å². The molecular formula is C23H34ClN3O2. The van der Waals surface area contributed by atoms with Gasteiger partial charge in [0.1, 0.15) is 0 Å². The summed E-state index contributed by atoms with van der Waals surface area (Å²) < 4.78 is 0. The van der Waals surface area contributed by atoms with Crippen LogP contribution in [0.4, 0.5) is 5.69 Å². The van der Waals surface area contributed by atoms with E-state index in [0.717, 1.165) is 43.4 Å². The molecule has 0 bridgehead atoms. The Labute approximate surface area is 179 Å². The minimum absolute atomic E-state index is 0.0365. The fourth-order valence-electron chi connectivity index (χ4n) is 4.61. The molecule has 1 aromatic rings. The fraction of sp³-hybridized carbons (Fsp3) is 0.652. The Morgan fingerprint density at radius 2 is 1.83 bits per heavy atom. The number of hydrogen-bond acceptors (Lipinski definition) is 3. The summed E-state index contributed by atoms with van der Waals surface area (Å²) in [4.78, 5) is 27.8. The van der Waals surface area contributed by atoms with Crippen LogP contribution in [0.3, 0.4) is 0 Å². The van der Waals surface area contributed by atoms with Gasteiger partial charge in [-0.05, 0) is 70.2 Å². The lowest BCUT2D eigenvalue weighted by Crippen LogP contribution is -2.51. The van der Waals surface area contributed by atoms with E-state index in [-0.39, 0.29) is 23.8 Å². The molecule has 2 fully saturated rings. The first-order valence-corrected chi connectivity index (χ1v) is 11.3. The molecule has 2 N–H and O–H groups in total. The lowest BCUT2D eigenvalue weighted by atomic mass is 9.92. The van der Waals surface area contributed by atoms with Gasteiger partial charge in [0.15, 0.2) is 0 Å². The molecule has 1 saturated carbocycles. The van der Waals surface area contributed by atoms with E-state index in [9.17, 15) is 9.59 Å². The maximum Gasteiger partial charge on any atom is 0.241 e. The number of nitrogens with one attached hydrogen (secondary N) is 2. The van der Waals surface area contributed by atoms with Crippen LogP contribution in [0, 0.1) is 19.8 Å². The predicted octanol–water partition coefficient (Wildman–Crippen LogP) is 4.44. The highest BCUT2D eigenvalue weighted by molar-refractivity contribution is 6.34. The van der Waals surface area contributed by atoms with Crippen molar-refractivity contribution in [1.29, 1.82) is 0 Å². The van der Waals surface area contributed by atoms with Crippen LogP contribution in [0.25, 0.3) is 0 Å². The molecule has 29 heavy (non-hydrogen) atoms. The zero-order valence-electron chi connectivity index (χ0n) is 17.9. The standard InChI is InChI=1S/C23H34ClN3O2/c1-15-12-16(2)21(20(24)13-15)26-22(28)17(3)27-11-7-8-18(14-27)23(29)25-19-9-5-4-6-10-19/h12-13,17-19H,4-11,14H2,1-3H3,(H,25,29)(H,26,28). The Balaban J connectivity index is 1.58. The minimum Gasteiger partial charge on any atom is -0.353 e. The van der Waals surface area contributed by atoms with Crippen molar-refractivity contribution >= 4 is 29.1 Å². The zero-order valence-corrected chi connectivity index (χ0v) is 18.6. The third-order valence-electron chi connectivity index (χ3n) is 6.38. The van der Waals surface area contributed by atoms with Gasteiger partial charge < -0.3 is 10.6 Å². The van der Waals surface area contributed by atoms with Crippen molar-refractivity contribution in [3.8, 4) is 0 Å². The molecule has 0 spiro atoms. The van der Waals surface area contributed by atoms with Crippen LogP contribution in [0.2, 0.25) is 5.02 Å². The average Bonchev–Trinajstić information content (AvgIpc) is 2.70. The molecule has 1 aromatic carbocycles. The second-order valence-electron chi connectivity index (χ2n) is 8.78. The molecule has 2 atom stereocenters. The smallest absolute Gasteiger partial charge is 0.241 e. The minimum atomic E-state index is -0.308. The van der Waals surface area contributed by atoms with Gasteiger partial charge in [0.2, 0.25) is 11.8 Å². The van der Waals surface area contributed by atoms with Crippen molar-refractivity contribution < 1.29 is 9.59 Å². The van der Waals surface area contributed by atoms with E-state index in [1.165, 1.54) is 19.3 Å². The summed E-state index contributed by atoms with van der Waals surface area (Å²) in [5, 5.41) is 6.81. The first-order chi connectivity index (χ1) is 13.8. The summed E-state index contributed by atoms with van der Waals surface area (Å²) in [7, 11) is 0. The number of benzene rings is 1. The number of piperidine rings is 1. The molecule has 3 rings (SSSR count). The van der Waals surface area contributed by atoms with E-state index in [2.05, 4.69) is 15.5 Å². The SMILES string of the molecule is Cc1cc(C)c(NC(=O)C(C)N2CCCC(C(=O)NC3CCCCC3)C2)c(Cl)c1. The maximum absolute atomic E-state index is 12.9. The number of rotatable bonds is 5. The largest absolute Gasteiger partial charge is 0.353 e. The first-order valence-electron chi connectivity index (χ1n) is 11.0. The van der Waals surface area contributed by atoms with Crippen molar-refractivity contribution in [3.05, 3.63) is 28.3 Å². The van der Waals surface area contributed by atoms with Crippen LogP contribution in [-0.2, 0) is 9.59 Å². The van der Waals surface area contributed by atoms with E-state index in [1.54, 1.807) is 0 Å². The van der Waals surface area contributed by atoms with Gasteiger partial charge in [0, 0.05) is 12.6 Å². The molecule has 1 aliphatic heterocycles. The molecular weight excluding hydrogens is 386 g/mol. The molecule has 6 heteroatoms. The Morgan fingerprint density at radius 3 is 2.52 bits per heavy atom. The number of amides is 2. The van der Waals surface area contributed by atoms with Crippen LogP contribution >= 0.6 is 11.6 Å². The Morgan fingerprint density at radius 1 is 1.10 bits per heavy atom. The highest BCUT2D eigenvalue weighted by atomic mass is 35.5. The van der Waals surface area contributed by atoms with Crippen LogP contribution in [0.1, 0.15) is 63.0 Å². The first kappa shape index (κ1) is 22.1. The van der Waals surface area contributed by atoms with Gasteiger partial charge in [-0.15, -0.1) is 0 Å². The Bertz CT molecular complexity index is 723. The van der Waals surface area contributed by atoms with Crippen molar-refractivity contribution in [1.82, 2.24) is 10.2 Å². The number of carbonyl (C=O) groups excluding carboxylic acids is 2. The summed E-state index contributed by atoms with van der Waals surface area (Å²) in [5.74, 6) is 0.0458. The molecule has 2 amide bonds.